The maximum atomic E-state index is 12.5. The van der Waals surface area contributed by atoms with E-state index in [1.807, 2.05) is 36.4 Å². The van der Waals surface area contributed by atoms with Crippen molar-refractivity contribution in [2.45, 2.75) is 31.7 Å². The fourth-order valence-corrected chi connectivity index (χ4v) is 3.57. The lowest BCUT2D eigenvalue weighted by molar-refractivity contribution is -0.123. The highest BCUT2D eigenvalue weighted by atomic mass is 16.5. The summed E-state index contributed by atoms with van der Waals surface area (Å²) in [6, 6.07) is 24.4. The number of benzene rings is 3. The Morgan fingerprint density at radius 1 is 1.00 bits per heavy atom. The molecular formula is C23H24N2O2. The van der Waals surface area contributed by atoms with Crippen LogP contribution in [0.5, 0.6) is 0 Å². The van der Waals surface area contributed by atoms with Crippen molar-refractivity contribution in [1.82, 2.24) is 10.6 Å². The van der Waals surface area contributed by atoms with Crippen molar-refractivity contribution >= 4 is 16.7 Å². The normalized spacial score (nSPS) is 19.3. The lowest BCUT2D eigenvalue weighted by Crippen LogP contribution is -2.40. The predicted octanol–water partition coefficient (Wildman–Crippen LogP) is 3.40. The van der Waals surface area contributed by atoms with Gasteiger partial charge in [0.05, 0.1) is 18.8 Å². The van der Waals surface area contributed by atoms with Crippen LogP contribution in [-0.4, -0.2) is 24.6 Å². The van der Waals surface area contributed by atoms with E-state index in [4.69, 9.17) is 4.74 Å². The molecule has 27 heavy (non-hydrogen) atoms. The van der Waals surface area contributed by atoms with Crippen LogP contribution < -0.4 is 10.6 Å². The van der Waals surface area contributed by atoms with Crippen LogP contribution in [0.15, 0.2) is 72.8 Å². The third kappa shape index (κ3) is 4.35. The van der Waals surface area contributed by atoms with Crippen LogP contribution in [0.2, 0.25) is 0 Å². The van der Waals surface area contributed by atoms with Gasteiger partial charge < -0.3 is 15.4 Å². The van der Waals surface area contributed by atoms with E-state index in [1.165, 1.54) is 10.8 Å². The van der Waals surface area contributed by atoms with Gasteiger partial charge in [-0.25, -0.2) is 0 Å². The highest BCUT2D eigenvalue weighted by Gasteiger charge is 2.29. The van der Waals surface area contributed by atoms with Gasteiger partial charge in [-0.3, -0.25) is 4.79 Å². The summed E-state index contributed by atoms with van der Waals surface area (Å²) in [5.74, 6) is 0.0359. The minimum Gasteiger partial charge on any atom is -0.372 e. The van der Waals surface area contributed by atoms with Crippen molar-refractivity contribution in [2.24, 2.45) is 0 Å². The number of carbonyl (C=O) groups excluding carboxylic acids is 1. The zero-order valence-electron chi connectivity index (χ0n) is 15.2. The molecule has 2 atom stereocenters. The van der Waals surface area contributed by atoms with E-state index >= 15 is 0 Å². The molecule has 1 aliphatic heterocycles. The molecule has 1 unspecified atom stereocenters. The average molecular weight is 360 g/mol. The van der Waals surface area contributed by atoms with E-state index in [0.717, 1.165) is 11.1 Å². The van der Waals surface area contributed by atoms with Crippen LogP contribution in [0.4, 0.5) is 0 Å². The van der Waals surface area contributed by atoms with Crippen LogP contribution in [-0.2, 0) is 22.7 Å². The number of nitrogens with one attached hydrogen (secondary N) is 2. The molecule has 1 amide bonds. The fraction of sp³-hybridized carbons (Fsp3) is 0.261. The fourth-order valence-electron chi connectivity index (χ4n) is 3.57. The molecule has 0 radical (unpaired) electrons. The smallest absolute Gasteiger partial charge is 0.237 e. The Bertz CT molecular complexity index is 905. The first kappa shape index (κ1) is 17.7. The summed E-state index contributed by atoms with van der Waals surface area (Å²) in [5, 5.41) is 8.73. The Morgan fingerprint density at radius 2 is 1.78 bits per heavy atom. The number of rotatable bonds is 6. The minimum atomic E-state index is -0.194. The number of amides is 1. The third-order valence-corrected chi connectivity index (χ3v) is 5.07. The SMILES string of the molecule is O=C(NCc1cccc2ccccc12)[C@@H]1CC(OCc2ccccc2)CN1. The van der Waals surface area contributed by atoms with Crippen molar-refractivity contribution in [2.75, 3.05) is 6.54 Å². The number of carbonyl (C=O) groups is 1. The molecule has 4 rings (SSSR count). The van der Waals surface area contributed by atoms with Crippen LogP contribution in [0.25, 0.3) is 10.8 Å². The minimum absolute atomic E-state index is 0.0359. The van der Waals surface area contributed by atoms with Crippen molar-refractivity contribution < 1.29 is 9.53 Å². The van der Waals surface area contributed by atoms with Gasteiger partial charge in [0.2, 0.25) is 5.91 Å². The van der Waals surface area contributed by atoms with Gasteiger partial charge >= 0.3 is 0 Å². The van der Waals surface area contributed by atoms with E-state index in [2.05, 4.69) is 47.0 Å². The first-order valence-corrected chi connectivity index (χ1v) is 9.43. The van der Waals surface area contributed by atoms with Crippen molar-refractivity contribution in [3.63, 3.8) is 0 Å². The summed E-state index contributed by atoms with van der Waals surface area (Å²) < 4.78 is 5.95. The van der Waals surface area contributed by atoms with Gasteiger partial charge in [-0.2, -0.15) is 0 Å². The Hall–Kier alpha value is -2.69. The molecule has 2 N–H and O–H groups in total. The summed E-state index contributed by atoms with van der Waals surface area (Å²) in [7, 11) is 0. The van der Waals surface area contributed by atoms with E-state index in [-0.39, 0.29) is 18.1 Å². The van der Waals surface area contributed by atoms with Gasteiger partial charge in [-0.05, 0) is 28.3 Å². The molecule has 3 aromatic carbocycles. The van der Waals surface area contributed by atoms with Gasteiger partial charge in [-0.1, -0.05) is 72.8 Å². The highest BCUT2D eigenvalue weighted by Crippen LogP contribution is 2.19. The van der Waals surface area contributed by atoms with E-state index in [9.17, 15) is 4.79 Å². The Morgan fingerprint density at radius 3 is 2.67 bits per heavy atom. The summed E-state index contributed by atoms with van der Waals surface area (Å²) in [6.45, 7) is 1.82. The Balaban J connectivity index is 1.29. The van der Waals surface area contributed by atoms with Gasteiger partial charge in [0.1, 0.15) is 0 Å². The molecular weight excluding hydrogens is 336 g/mol. The molecule has 1 fully saturated rings. The molecule has 0 aromatic heterocycles. The zero-order chi connectivity index (χ0) is 18.5. The van der Waals surface area contributed by atoms with Gasteiger partial charge in [0.15, 0.2) is 0 Å². The van der Waals surface area contributed by atoms with E-state index in [1.54, 1.807) is 0 Å². The highest BCUT2D eigenvalue weighted by molar-refractivity contribution is 5.87. The summed E-state index contributed by atoms with van der Waals surface area (Å²) in [4.78, 5) is 12.5. The lowest BCUT2D eigenvalue weighted by atomic mass is 10.0. The molecule has 1 heterocycles. The summed E-state index contributed by atoms with van der Waals surface area (Å²) >= 11 is 0. The quantitative estimate of drug-likeness (QED) is 0.708. The van der Waals surface area contributed by atoms with E-state index < -0.39 is 0 Å². The molecule has 0 saturated carbocycles. The maximum Gasteiger partial charge on any atom is 0.237 e. The Labute approximate surface area is 159 Å². The van der Waals surface area contributed by atoms with Crippen molar-refractivity contribution in [1.29, 1.82) is 0 Å². The second-order valence-electron chi connectivity index (χ2n) is 6.97. The molecule has 0 spiro atoms. The summed E-state index contributed by atoms with van der Waals surface area (Å²) in [6.07, 6.45) is 0.771. The topological polar surface area (TPSA) is 50.4 Å². The number of ether oxygens (including phenoxy) is 1. The average Bonchev–Trinajstić information content (AvgIpc) is 3.20. The van der Waals surface area contributed by atoms with Crippen LogP contribution in [0.3, 0.4) is 0 Å². The molecule has 3 aromatic rings. The van der Waals surface area contributed by atoms with Crippen LogP contribution in [0, 0.1) is 0 Å². The maximum absolute atomic E-state index is 12.5. The molecule has 1 saturated heterocycles. The molecule has 0 bridgehead atoms. The third-order valence-electron chi connectivity index (χ3n) is 5.07. The monoisotopic (exact) mass is 360 g/mol. The largest absolute Gasteiger partial charge is 0.372 e. The molecule has 4 heteroatoms. The first-order chi connectivity index (χ1) is 13.3. The number of hydrogen-bond donors (Lipinski definition) is 2. The molecule has 0 aliphatic carbocycles. The van der Waals surface area contributed by atoms with E-state index in [0.29, 0.717) is 26.1 Å². The van der Waals surface area contributed by atoms with Gasteiger partial charge in [0.25, 0.3) is 0 Å². The number of hydrogen-bond acceptors (Lipinski definition) is 3. The molecule has 4 nitrogen and oxygen atoms in total. The first-order valence-electron chi connectivity index (χ1n) is 9.43. The second-order valence-corrected chi connectivity index (χ2v) is 6.97. The van der Waals surface area contributed by atoms with Crippen LogP contribution >= 0.6 is 0 Å². The lowest BCUT2D eigenvalue weighted by Gasteiger charge is -2.13. The molecule has 1 aliphatic rings. The number of fused-ring (bicyclic) bond motifs is 1. The van der Waals surface area contributed by atoms with Crippen molar-refractivity contribution in [3.05, 3.63) is 83.9 Å². The molecule has 138 valence electrons. The van der Waals surface area contributed by atoms with Crippen LogP contribution in [0.1, 0.15) is 17.5 Å². The van der Waals surface area contributed by atoms with Crippen molar-refractivity contribution in [3.8, 4) is 0 Å². The Kier molecular flexibility index (Phi) is 5.47. The standard InChI is InChI=1S/C23H24N2O2/c26-23(25-14-19-11-6-10-18-9-4-5-12-21(18)19)22-13-20(15-24-22)27-16-17-7-2-1-3-8-17/h1-12,20,22,24H,13-16H2,(H,25,26)/t20?,22-/m0/s1. The second kappa shape index (κ2) is 8.33. The van der Waals surface area contributed by atoms with Gasteiger partial charge in [0, 0.05) is 13.1 Å². The zero-order valence-corrected chi connectivity index (χ0v) is 15.2. The summed E-state index contributed by atoms with van der Waals surface area (Å²) in [5.41, 5.74) is 2.29. The van der Waals surface area contributed by atoms with Gasteiger partial charge in [-0.15, -0.1) is 0 Å². The predicted molar refractivity (Wildman–Crippen MR) is 107 cm³/mol.